The fourth-order valence-corrected chi connectivity index (χ4v) is 0.684. The van der Waals surface area contributed by atoms with Crippen LogP contribution in [-0.2, 0) is 9.59 Å². The zero-order valence-corrected chi connectivity index (χ0v) is 7.07. The first-order valence-corrected chi connectivity index (χ1v) is 3.49. The van der Waals surface area contributed by atoms with Crippen molar-refractivity contribution in [3.8, 4) is 0 Å². The standard InChI is InChI=1S/C8H9F3O2/c1-5(12)3-7(13)4-8(10,11)6(2)9/h2-4H2,1H3. The highest BCUT2D eigenvalue weighted by Gasteiger charge is 2.36. The lowest BCUT2D eigenvalue weighted by Crippen LogP contribution is -2.22. The molecule has 0 saturated heterocycles. The van der Waals surface area contributed by atoms with E-state index in [0.29, 0.717) is 0 Å². The van der Waals surface area contributed by atoms with Gasteiger partial charge in [-0.15, -0.1) is 0 Å². The zero-order chi connectivity index (χ0) is 10.6. The Morgan fingerprint density at radius 2 is 1.85 bits per heavy atom. The number of carbonyl (C=O) groups is 2. The summed E-state index contributed by atoms with van der Waals surface area (Å²) in [5.41, 5.74) is 0. The van der Waals surface area contributed by atoms with E-state index in [1.807, 2.05) is 0 Å². The highest BCUT2D eigenvalue weighted by Crippen LogP contribution is 2.28. The third-order valence-corrected chi connectivity index (χ3v) is 1.26. The van der Waals surface area contributed by atoms with E-state index in [4.69, 9.17) is 0 Å². The summed E-state index contributed by atoms with van der Waals surface area (Å²) < 4.78 is 36.9. The molecule has 74 valence electrons. The number of halogens is 3. The first-order valence-electron chi connectivity index (χ1n) is 3.49. The third-order valence-electron chi connectivity index (χ3n) is 1.26. The first-order chi connectivity index (χ1) is 5.75. The molecule has 0 aromatic rings. The summed E-state index contributed by atoms with van der Waals surface area (Å²) in [5, 5.41) is 0. The van der Waals surface area contributed by atoms with Crippen LogP contribution in [0.25, 0.3) is 0 Å². The van der Waals surface area contributed by atoms with E-state index in [-0.39, 0.29) is 0 Å². The molecule has 0 aromatic carbocycles. The maximum absolute atomic E-state index is 12.4. The van der Waals surface area contributed by atoms with Crippen LogP contribution in [0.4, 0.5) is 13.2 Å². The van der Waals surface area contributed by atoms with Crippen molar-refractivity contribution >= 4 is 11.6 Å². The second-order valence-electron chi connectivity index (χ2n) is 2.70. The first kappa shape index (κ1) is 11.9. The molecular formula is C8H9F3O2. The van der Waals surface area contributed by atoms with E-state index in [0.717, 1.165) is 6.92 Å². The van der Waals surface area contributed by atoms with Crippen molar-refractivity contribution in [3.63, 3.8) is 0 Å². The van der Waals surface area contributed by atoms with Gasteiger partial charge in [-0.1, -0.05) is 6.58 Å². The largest absolute Gasteiger partial charge is 0.305 e. The minimum atomic E-state index is -3.85. The van der Waals surface area contributed by atoms with Crippen molar-refractivity contribution in [2.24, 2.45) is 0 Å². The molecule has 0 atom stereocenters. The summed E-state index contributed by atoms with van der Waals surface area (Å²) in [5.74, 6) is -7.22. The number of ketones is 2. The lowest BCUT2D eigenvalue weighted by molar-refractivity contribution is -0.129. The lowest BCUT2D eigenvalue weighted by atomic mass is 10.1. The fourth-order valence-electron chi connectivity index (χ4n) is 0.684. The summed E-state index contributed by atoms with van der Waals surface area (Å²) >= 11 is 0. The number of allylic oxidation sites excluding steroid dienone is 1. The van der Waals surface area contributed by atoms with Crippen LogP contribution in [0.3, 0.4) is 0 Å². The molecule has 0 rings (SSSR count). The number of Topliss-reactive ketones (excluding diaryl/α,β-unsaturated/α-hetero) is 2. The van der Waals surface area contributed by atoms with Crippen LogP contribution in [-0.4, -0.2) is 17.5 Å². The van der Waals surface area contributed by atoms with Gasteiger partial charge in [0.15, 0.2) is 5.83 Å². The molecule has 0 fully saturated rings. The van der Waals surface area contributed by atoms with E-state index in [1.54, 1.807) is 0 Å². The number of carbonyl (C=O) groups excluding carboxylic acids is 2. The zero-order valence-electron chi connectivity index (χ0n) is 7.07. The molecule has 0 aliphatic rings. The quantitative estimate of drug-likeness (QED) is 0.627. The molecule has 0 spiro atoms. The van der Waals surface area contributed by atoms with Crippen LogP contribution in [0.15, 0.2) is 12.4 Å². The summed E-state index contributed by atoms with van der Waals surface area (Å²) in [4.78, 5) is 21.0. The summed E-state index contributed by atoms with van der Waals surface area (Å²) in [6, 6.07) is 0. The summed E-state index contributed by atoms with van der Waals surface area (Å²) in [7, 11) is 0. The average Bonchev–Trinajstić information content (AvgIpc) is 1.82. The Balaban J connectivity index is 4.20. The van der Waals surface area contributed by atoms with E-state index < -0.39 is 36.2 Å². The molecule has 5 heteroatoms. The van der Waals surface area contributed by atoms with Gasteiger partial charge in [0.2, 0.25) is 0 Å². The Morgan fingerprint density at radius 1 is 1.38 bits per heavy atom. The van der Waals surface area contributed by atoms with Crippen molar-refractivity contribution in [3.05, 3.63) is 12.4 Å². The molecule has 0 radical (unpaired) electrons. The Kier molecular flexibility index (Phi) is 3.84. The van der Waals surface area contributed by atoms with E-state index >= 15 is 0 Å². The Morgan fingerprint density at radius 3 is 2.15 bits per heavy atom. The van der Waals surface area contributed by atoms with Gasteiger partial charge in [-0.05, 0) is 6.92 Å². The average molecular weight is 194 g/mol. The highest BCUT2D eigenvalue weighted by atomic mass is 19.3. The molecule has 0 unspecified atom stereocenters. The summed E-state index contributed by atoms with van der Waals surface area (Å²) in [6.45, 7) is 3.50. The molecule has 0 N–H and O–H groups in total. The van der Waals surface area contributed by atoms with Gasteiger partial charge in [0, 0.05) is 0 Å². The molecule has 0 bridgehead atoms. The van der Waals surface area contributed by atoms with Gasteiger partial charge in [-0.3, -0.25) is 9.59 Å². The lowest BCUT2D eigenvalue weighted by Gasteiger charge is -2.11. The van der Waals surface area contributed by atoms with Crippen molar-refractivity contribution in [2.75, 3.05) is 0 Å². The van der Waals surface area contributed by atoms with E-state index in [9.17, 15) is 22.8 Å². The van der Waals surface area contributed by atoms with E-state index in [1.165, 1.54) is 0 Å². The van der Waals surface area contributed by atoms with Gasteiger partial charge in [0.1, 0.15) is 11.6 Å². The van der Waals surface area contributed by atoms with Crippen molar-refractivity contribution in [2.45, 2.75) is 25.7 Å². The normalized spacial score (nSPS) is 11.1. The van der Waals surface area contributed by atoms with Crippen LogP contribution in [0, 0.1) is 0 Å². The van der Waals surface area contributed by atoms with E-state index in [2.05, 4.69) is 6.58 Å². The molecule has 0 aliphatic carbocycles. The van der Waals surface area contributed by atoms with Gasteiger partial charge in [-0.2, -0.15) is 8.78 Å². The molecule has 0 aromatic heterocycles. The second-order valence-corrected chi connectivity index (χ2v) is 2.70. The molecule has 0 heterocycles. The molecule has 0 saturated carbocycles. The molecule has 13 heavy (non-hydrogen) atoms. The smallest absolute Gasteiger partial charge is 0.300 e. The maximum Gasteiger partial charge on any atom is 0.305 e. The van der Waals surface area contributed by atoms with Crippen molar-refractivity contribution in [1.82, 2.24) is 0 Å². The van der Waals surface area contributed by atoms with Gasteiger partial charge in [0.05, 0.1) is 12.8 Å². The van der Waals surface area contributed by atoms with Crippen LogP contribution >= 0.6 is 0 Å². The molecule has 2 nitrogen and oxygen atoms in total. The minimum Gasteiger partial charge on any atom is -0.300 e. The Hall–Kier alpha value is -1.13. The monoisotopic (exact) mass is 194 g/mol. The molecule has 0 aliphatic heterocycles. The maximum atomic E-state index is 12.4. The summed E-state index contributed by atoms with van der Waals surface area (Å²) in [6.07, 6.45) is -1.90. The predicted octanol–water partition coefficient (Wildman–Crippen LogP) is 2.04. The predicted molar refractivity (Wildman–Crippen MR) is 40.1 cm³/mol. The van der Waals surface area contributed by atoms with Gasteiger partial charge in [-0.25, -0.2) is 4.39 Å². The Bertz CT molecular complexity index is 246. The fraction of sp³-hybridized carbons (Fsp3) is 0.500. The van der Waals surface area contributed by atoms with Gasteiger partial charge in [0.25, 0.3) is 0 Å². The van der Waals surface area contributed by atoms with Gasteiger partial charge >= 0.3 is 5.92 Å². The third kappa shape index (κ3) is 4.45. The number of alkyl halides is 2. The minimum absolute atomic E-state index is 0.523. The topological polar surface area (TPSA) is 34.1 Å². The van der Waals surface area contributed by atoms with Crippen LogP contribution in [0.2, 0.25) is 0 Å². The second kappa shape index (κ2) is 4.20. The van der Waals surface area contributed by atoms with Crippen LogP contribution < -0.4 is 0 Å². The van der Waals surface area contributed by atoms with Gasteiger partial charge < -0.3 is 0 Å². The number of rotatable bonds is 5. The molecule has 0 amide bonds. The number of hydrogen-bond donors (Lipinski definition) is 0. The van der Waals surface area contributed by atoms with Crippen LogP contribution in [0.5, 0.6) is 0 Å². The SMILES string of the molecule is C=C(F)C(F)(F)CC(=O)CC(C)=O. The van der Waals surface area contributed by atoms with Crippen molar-refractivity contribution in [1.29, 1.82) is 0 Å². The highest BCUT2D eigenvalue weighted by molar-refractivity contribution is 5.98. The van der Waals surface area contributed by atoms with Crippen molar-refractivity contribution < 1.29 is 22.8 Å². The number of hydrogen-bond acceptors (Lipinski definition) is 2. The van der Waals surface area contributed by atoms with Crippen LogP contribution in [0.1, 0.15) is 19.8 Å². The molecular weight excluding hydrogens is 185 g/mol. The Labute approximate surface area is 73.4 Å².